The number of hydrogen-bond acceptors (Lipinski definition) is 4. The Bertz CT molecular complexity index is 937. The zero-order valence-corrected chi connectivity index (χ0v) is 13.7. The standard InChI is InChI=1S/C18H16F2N2O3/c1-3-25-18(23)15-9-11-14(7-6-13(20)17(11)22-15)21-10-4-5-12(19)16(8-10)24-2/h4-9,21-22H,3H2,1-2H3. The smallest absolute Gasteiger partial charge is 0.354 e. The minimum atomic E-state index is -0.562. The van der Waals surface area contributed by atoms with Gasteiger partial charge in [0.2, 0.25) is 0 Å². The molecule has 0 saturated heterocycles. The Labute approximate surface area is 142 Å². The van der Waals surface area contributed by atoms with Gasteiger partial charge in [0, 0.05) is 22.8 Å². The van der Waals surface area contributed by atoms with E-state index in [0.29, 0.717) is 16.8 Å². The van der Waals surface area contributed by atoms with E-state index in [4.69, 9.17) is 9.47 Å². The summed E-state index contributed by atoms with van der Waals surface area (Å²) in [6, 6.07) is 8.62. The van der Waals surface area contributed by atoms with Crippen molar-refractivity contribution in [1.29, 1.82) is 0 Å². The van der Waals surface area contributed by atoms with Crippen LogP contribution >= 0.6 is 0 Å². The lowest BCUT2D eigenvalue weighted by atomic mass is 10.2. The van der Waals surface area contributed by atoms with Crippen LogP contribution in [0.15, 0.2) is 36.4 Å². The fourth-order valence-corrected chi connectivity index (χ4v) is 2.51. The molecule has 0 aliphatic carbocycles. The number of halogens is 2. The molecule has 1 aromatic heterocycles. The molecule has 7 heteroatoms. The second-order valence-corrected chi connectivity index (χ2v) is 5.26. The van der Waals surface area contributed by atoms with Crippen molar-refractivity contribution in [2.24, 2.45) is 0 Å². The highest BCUT2D eigenvalue weighted by atomic mass is 19.1. The summed E-state index contributed by atoms with van der Waals surface area (Å²) in [4.78, 5) is 14.6. The quantitative estimate of drug-likeness (QED) is 0.673. The number of carbonyl (C=O) groups is 1. The minimum Gasteiger partial charge on any atom is -0.494 e. The van der Waals surface area contributed by atoms with Crippen LogP contribution in [0.5, 0.6) is 5.75 Å². The highest BCUT2D eigenvalue weighted by molar-refractivity contribution is 6.00. The Morgan fingerprint density at radius 2 is 1.92 bits per heavy atom. The van der Waals surface area contributed by atoms with E-state index in [9.17, 15) is 13.6 Å². The van der Waals surface area contributed by atoms with Crippen LogP contribution in [-0.2, 0) is 4.74 Å². The Hall–Kier alpha value is -3.09. The van der Waals surface area contributed by atoms with Crippen molar-refractivity contribution in [1.82, 2.24) is 4.98 Å². The third-order valence-corrected chi connectivity index (χ3v) is 3.67. The molecule has 3 aromatic rings. The molecule has 25 heavy (non-hydrogen) atoms. The van der Waals surface area contributed by atoms with Gasteiger partial charge < -0.3 is 19.8 Å². The minimum absolute atomic E-state index is 0.0876. The number of esters is 1. The molecule has 0 aliphatic rings. The molecular weight excluding hydrogens is 330 g/mol. The second kappa shape index (κ2) is 6.80. The fraction of sp³-hybridized carbons (Fsp3) is 0.167. The first-order valence-electron chi connectivity index (χ1n) is 7.62. The van der Waals surface area contributed by atoms with Gasteiger partial charge in [0.15, 0.2) is 11.6 Å². The molecule has 3 rings (SSSR count). The Morgan fingerprint density at radius 1 is 1.16 bits per heavy atom. The highest BCUT2D eigenvalue weighted by Gasteiger charge is 2.15. The number of anilines is 2. The van der Waals surface area contributed by atoms with E-state index in [2.05, 4.69) is 10.3 Å². The molecule has 0 atom stereocenters. The third kappa shape index (κ3) is 3.26. The molecule has 1 heterocycles. The number of hydrogen-bond donors (Lipinski definition) is 2. The Morgan fingerprint density at radius 3 is 2.64 bits per heavy atom. The van der Waals surface area contributed by atoms with Crippen LogP contribution < -0.4 is 10.1 Å². The number of rotatable bonds is 5. The van der Waals surface area contributed by atoms with E-state index in [1.807, 2.05) is 0 Å². The average molecular weight is 346 g/mol. The van der Waals surface area contributed by atoms with Crippen LogP contribution in [0.3, 0.4) is 0 Å². The molecule has 2 N–H and O–H groups in total. The number of fused-ring (bicyclic) bond motifs is 1. The van der Waals surface area contributed by atoms with Gasteiger partial charge >= 0.3 is 5.97 Å². The first kappa shape index (κ1) is 16.8. The molecule has 130 valence electrons. The molecule has 0 amide bonds. The van der Waals surface area contributed by atoms with Crippen molar-refractivity contribution < 1.29 is 23.0 Å². The van der Waals surface area contributed by atoms with Crippen molar-refractivity contribution in [2.75, 3.05) is 19.0 Å². The molecule has 2 aromatic carbocycles. The lowest BCUT2D eigenvalue weighted by molar-refractivity contribution is 0.0520. The van der Waals surface area contributed by atoms with Gasteiger partial charge in [-0.3, -0.25) is 0 Å². The van der Waals surface area contributed by atoms with Crippen molar-refractivity contribution in [2.45, 2.75) is 6.92 Å². The van der Waals surface area contributed by atoms with E-state index in [0.717, 1.165) is 0 Å². The van der Waals surface area contributed by atoms with Gasteiger partial charge in [0.25, 0.3) is 0 Å². The molecule has 0 unspecified atom stereocenters. The summed E-state index contributed by atoms with van der Waals surface area (Å²) in [5.41, 5.74) is 1.45. The van der Waals surface area contributed by atoms with Crippen LogP contribution in [0.25, 0.3) is 10.9 Å². The number of nitrogens with one attached hydrogen (secondary N) is 2. The van der Waals surface area contributed by atoms with Gasteiger partial charge in [-0.1, -0.05) is 0 Å². The van der Waals surface area contributed by atoms with Crippen molar-refractivity contribution >= 4 is 28.2 Å². The SMILES string of the molecule is CCOC(=O)c1cc2c(Nc3ccc(F)c(OC)c3)ccc(F)c2[nH]1. The summed E-state index contributed by atoms with van der Waals surface area (Å²) in [6.45, 7) is 1.91. The zero-order valence-electron chi connectivity index (χ0n) is 13.7. The molecule has 0 saturated carbocycles. The van der Waals surface area contributed by atoms with Gasteiger partial charge in [0.05, 0.1) is 19.2 Å². The van der Waals surface area contributed by atoms with Gasteiger partial charge in [-0.2, -0.15) is 0 Å². The van der Waals surface area contributed by atoms with Crippen LogP contribution in [0.2, 0.25) is 0 Å². The summed E-state index contributed by atoms with van der Waals surface area (Å²) >= 11 is 0. The number of H-pyrrole nitrogens is 1. The maximum atomic E-state index is 14.1. The molecule has 5 nitrogen and oxygen atoms in total. The lowest BCUT2D eigenvalue weighted by Gasteiger charge is -2.10. The van der Waals surface area contributed by atoms with Crippen LogP contribution in [0, 0.1) is 11.6 Å². The third-order valence-electron chi connectivity index (χ3n) is 3.67. The van der Waals surface area contributed by atoms with Gasteiger partial charge in [-0.05, 0) is 37.3 Å². The maximum Gasteiger partial charge on any atom is 0.354 e. The number of carbonyl (C=O) groups excluding carboxylic acids is 1. The molecule has 0 radical (unpaired) electrons. The fourth-order valence-electron chi connectivity index (χ4n) is 2.51. The normalized spacial score (nSPS) is 10.7. The summed E-state index contributed by atoms with van der Waals surface area (Å²) in [5, 5.41) is 3.55. The first-order chi connectivity index (χ1) is 12.0. The average Bonchev–Trinajstić information content (AvgIpc) is 3.06. The van der Waals surface area contributed by atoms with Crippen molar-refractivity contribution in [3.8, 4) is 5.75 Å². The predicted octanol–water partition coefficient (Wildman–Crippen LogP) is 4.38. The molecule has 0 fully saturated rings. The molecule has 0 spiro atoms. The summed E-state index contributed by atoms with van der Waals surface area (Å²) in [5.74, 6) is -1.45. The van der Waals surface area contributed by atoms with Gasteiger partial charge in [-0.15, -0.1) is 0 Å². The monoisotopic (exact) mass is 346 g/mol. The van der Waals surface area contributed by atoms with Gasteiger partial charge in [0.1, 0.15) is 11.5 Å². The van der Waals surface area contributed by atoms with Crippen molar-refractivity contribution in [3.05, 3.63) is 53.7 Å². The summed E-state index contributed by atoms with van der Waals surface area (Å²) < 4.78 is 37.5. The summed E-state index contributed by atoms with van der Waals surface area (Å²) in [6.07, 6.45) is 0. The highest BCUT2D eigenvalue weighted by Crippen LogP contribution is 2.31. The van der Waals surface area contributed by atoms with E-state index in [1.165, 1.54) is 43.5 Å². The van der Waals surface area contributed by atoms with E-state index < -0.39 is 17.6 Å². The predicted molar refractivity (Wildman–Crippen MR) is 90.4 cm³/mol. The largest absolute Gasteiger partial charge is 0.494 e. The van der Waals surface area contributed by atoms with Crippen molar-refractivity contribution in [3.63, 3.8) is 0 Å². The number of ether oxygens (including phenoxy) is 2. The number of aromatic amines is 1. The maximum absolute atomic E-state index is 14.1. The number of methoxy groups -OCH3 is 1. The van der Waals surface area contributed by atoms with Crippen LogP contribution in [-0.4, -0.2) is 24.7 Å². The molecular formula is C18H16F2N2O3. The van der Waals surface area contributed by atoms with E-state index in [-0.39, 0.29) is 23.6 Å². The van der Waals surface area contributed by atoms with Gasteiger partial charge in [-0.25, -0.2) is 13.6 Å². The number of benzene rings is 2. The molecule has 0 bridgehead atoms. The first-order valence-corrected chi connectivity index (χ1v) is 7.62. The van der Waals surface area contributed by atoms with Crippen LogP contribution in [0.1, 0.15) is 17.4 Å². The van der Waals surface area contributed by atoms with E-state index in [1.54, 1.807) is 6.92 Å². The topological polar surface area (TPSA) is 63.4 Å². The lowest BCUT2D eigenvalue weighted by Crippen LogP contribution is -2.04. The Balaban J connectivity index is 2.01. The number of aromatic nitrogens is 1. The summed E-state index contributed by atoms with van der Waals surface area (Å²) in [7, 11) is 1.37. The molecule has 0 aliphatic heterocycles. The zero-order chi connectivity index (χ0) is 18.0. The Kier molecular flexibility index (Phi) is 4.56. The second-order valence-electron chi connectivity index (χ2n) is 5.26. The van der Waals surface area contributed by atoms with E-state index >= 15 is 0 Å². The van der Waals surface area contributed by atoms with Crippen LogP contribution in [0.4, 0.5) is 20.2 Å².